The Hall–Kier alpha value is -4.35. The number of fused-ring (bicyclic) bond motifs is 5. The number of carbonyl (C=O) groups is 3. The standard InChI is InChI=1S/C27H24F3N5O6/c1-25-13-33(12-20(36)32-11-15-3-6-17(7-4-15)35(39)40)14-26(2,41-25)22-21(25)23(37)34(24(22)38)18-8-5-16(10-31)19(9-18)27(28,29)30/h3-9,21-22H,11-14H2,1-2H3,(H,32,36)/t21-,22+,25-,26+. The summed E-state index contributed by atoms with van der Waals surface area (Å²) in [5, 5.41) is 22.6. The molecule has 3 saturated heterocycles. The lowest BCUT2D eigenvalue weighted by Crippen LogP contribution is -2.59. The number of halogens is 3. The third-order valence-electron chi connectivity index (χ3n) is 7.85. The summed E-state index contributed by atoms with van der Waals surface area (Å²) in [6, 6.07) is 9.93. The number of anilines is 1. The fourth-order valence-electron chi connectivity index (χ4n) is 6.33. The van der Waals surface area contributed by atoms with Gasteiger partial charge in [0.1, 0.15) is 0 Å². The van der Waals surface area contributed by atoms with Gasteiger partial charge < -0.3 is 10.1 Å². The van der Waals surface area contributed by atoms with E-state index in [4.69, 9.17) is 10.00 Å². The first-order chi connectivity index (χ1) is 19.2. The maximum atomic E-state index is 13.6. The first-order valence-corrected chi connectivity index (χ1v) is 12.6. The second kappa shape index (κ2) is 9.64. The summed E-state index contributed by atoms with van der Waals surface area (Å²) in [4.78, 5) is 52.7. The number of hydrogen-bond donors (Lipinski definition) is 1. The number of likely N-dealkylation sites (tertiary alicyclic amines) is 1. The normalized spacial score (nSPS) is 27.5. The Bertz CT molecular complexity index is 1470. The molecule has 3 fully saturated rings. The van der Waals surface area contributed by atoms with E-state index in [1.54, 1.807) is 18.7 Å². The smallest absolute Gasteiger partial charge is 0.365 e. The molecule has 0 radical (unpaired) electrons. The zero-order chi connectivity index (χ0) is 29.9. The summed E-state index contributed by atoms with van der Waals surface area (Å²) < 4.78 is 46.9. The van der Waals surface area contributed by atoms with E-state index >= 15 is 0 Å². The predicted octanol–water partition coefficient (Wildman–Crippen LogP) is 2.77. The van der Waals surface area contributed by atoms with Crippen molar-refractivity contribution in [3.05, 3.63) is 69.3 Å². The van der Waals surface area contributed by atoms with Crippen molar-refractivity contribution in [1.29, 1.82) is 5.26 Å². The van der Waals surface area contributed by atoms with Crippen molar-refractivity contribution in [2.45, 2.75) is 37.8 Å². The zero-order valence-electron chi connectivity index (χ0n) is 21.9. The quantitative estimate of drug-likeness (QED) is 0.317. The van der Waals surface area contributed by atoms with Crippen LogP contribution in [0.4, 0.5) is 24.5 Å². The first kappa shape index (κ1) is 28.2. The summed E-state index contributed by atoms with van der Waals surface area (Å²) in [6.07, 6.45) is -4.86. The van der Waals surface area contributed by atoms with Crippen LogP contribution in [-0.4, -0.2) is 58.4 Å². The zero-order valence-corrected chi connectivity index (χ0v) is 21.9. The molecular weight excluding hydrogens is 547 g/mol. The Kier molecular flexibility index (Phi) is 6.62. The van der Waals surface area contributed by atoms with Crippen LogP contribution in [0.3, 0.4) is 0 Å². The van der Waals surface area contributed by atoms with Crippen LogP contribution in [0, 0.1) is 33.3 Å². The van der Waals surface area contributed by atoms with Gasteiger partial charge >= 0.3 is 6.18 Å². The fourth-order valence-corrected chi connectivity index (χ4v) is 6.33. The molecule has 14 heteroatoms. The Morgan fingerprint density at radius 3 is 2.22 bits per heavy atom. The number of nitriles is 1. The highest BCUT2D eigenvalue weighted by Crippen LogP contribution is 2.55. The lowest BCUT2D eigenvalue weighted by atomic mass is 9.79. The molecule has 2 aromatic carbocycles. The van der Waals surface area contributed by atoms with Crippen molar-refractivity contribution >= 4 is 29.1 Å². The molecule has 1 N–H and O–H groups in total. The highest BCUT2D eigenvalue weighted by Gasteiger charge is 2.71. The van der Waals surface area contributed by atoms with E-state index in [1.165, 1.54) is 30.3 Å². The van der Waals surface area contributed by atoms with Crippen LogP contribution in [0.25, 0.3) is 0 Å². The second-order valence-electron chi connectivity index (χ2n) is 10.9. The lowest BCUT2D eigenvalue weighted by molar-refractivity contribution is -0.384. The molecule has 41 heavy (non-hydrogen) atoms. The number of alkyl halides is 3. The monoisotopic (exact) mass is 571 g/mol. The molecule has 3 aliphatic rings. The number of hydrogen-bond acceptors (Lipinski definition) is 8. The molecule has 0 aromatic heterocycles. The van der Waals surface area contributed by atoms with Gasteiger partial charge in [-0.15, -0.1) is 0 Å². The van der Waals surface area contributed by atoms with Gasteiger partial charge in [0.2, 0.25) is 17.7 Å². The Balaban J connectivity index is 1.31. The van der Waals surface area contributed by atoms with Gasteiger partial charge in [-0.3, -0.25) is 29.4 Å². The van der Waals surface area contributed by atoms with E-state index in [0.29, 0.717) is 11.6 Å². The topological polar surface area (TPSA) is 146 Å². The van der Waals surface area contributed by atoms with Gasteiger partial charge in [-0.1, -0.05) is 12.1 Å². The van der Waals surface area contributed by atoms with E-state index in [0.717, 1.165) is 17.0 Å². The first-order valence-electron chi connectivity index (χ1n) is 12.6. The number of nitro groups is 1. The van der Waals surface area contributed by atoms with Crippen molar-refractivity contribution in [1.82, 2.24) is 10.2 Å². The summed E-state index contributed by atoms with van der Waals surface area (Å²) in [7, 11) is 0. The number of amides is 3. The number of nitrogens with zero attached hydrogens (tertiary/aromatic N) is 4. The van der Waals surface area contributed by atoms with Gasteiger partial charge in [0.05, 0.1) is 57.4 Å². The van der Waals surface area contributed by atoms with E-state index in [2.05, 4.69) is 5.32 Å². The number of rotatable bonds is 6. The minimum atomic E-state index is -4.86. The average molecular weight is 572 g/mol. The molecule has 0 unspecified atom stereocenters. The highest BCUT2D eigenvalue weighted by molar-refractivity contribution is 6.23. The molecule has 3 aliphatic heterocycles. The highest BCUT2D eigenvalue weighted by atomic mass is 19.4. The summed E-state index contributed by atoms with van der Waals surface area (Å²) >= 11 is 0. The summed E-state index contributed by atoms with van der Waals surface area (Å²) in [5.41, 5.74) is -3.94. The number of benzene rings is 2. The molecule has 5 rings (SSSR count). The number of morpholine rings is 1. The maximum absolute atomic E-state index is 13.6. The number of non-ortho nitro benzene ring substituents is 1. The molecule has 214 valence electrons. The van der Waals surface area contributed by atoms with E-state index in [-0.39, 0.29) is 43.5 Å². The van der Waals surface area contributed by atoms with Crippen LogP contribution in [0.1, 0.15) is 30.5 Å². The van der Waals surface area contributed by atoms with Crippen molar-refractivity contribution in [2.24, 2.45) is 11.8 Å². The fraction of sp³-hybridized carbons (Fsp3) is 0.407. The Morgan fingerprint density at radius 2 is 1.71 bits per heavy atom. The number of nitrogens with one attached hydrogen (secondary N) is 1. The summed E-state index contributed by atoms with van der Waals surface area (Å²) in [6.45, 7) is 3.58. The van der Waals surface area contributed by atoms with Crippen LogP contribution in [0.2, 0.25) is 0 Å². The maximum Gasteiger partial charge on any atom is 0.417 e. The Labute approximate surface area is 231 Å². The van der Waals surface area contributed by atoms with Gasteiger partial charge in [0.15, 0.2) is 0 Å². The molecule has 0 spiro atoms. The minimum absolute atomic E-state index is 0.0708. The lowest BCUT2D eigenvalue weighted by Gasteiger charge is -2.44. The van der Waals surface area contributed by atoms with Gasteiger partial charge in [-0.2, -0.15) is 18.4 Å². The van der Waals surface area contributed by atoms with Gasteiger partial charge in [0.25, 0.3) is 5.69 Å². The average Bonchev–Trinajstić information content (AvgIpc) is 3.26. The van der Waals surface area contributed by atoms with Crippen LogP contribution in [-0.2, 0) is 31.8 Å². The molecule has 4 atom stereocenters. The molecular formula is C27H24F3N5O6. The van der Waals surface area contributed by atoms with Crippen LogP contribution in [0.5, 0.6) is 0 Å². The SMILES string of the molecule is C[C@]12CN(CC(=O)NCc3ccc([N+](=O)[O-])cc3)C[C@](C)(O1)[C@@H]1C(=O)N(c3ccc(C#N)c(C(F)(F)F)c3)C(=O)[C@@H]12. The molecule has 0 saturated carbocycles. The van der Waals surface area contributed by atoms with Crippen molar-refractivity contribution in [2.75, 3.05) is 24.5 Å². The minimum Gasteiger partial charge on any atom is -0.365 e. The van der Waals surface area contributed by atoms with Crippen LogP contribution in [0.15, 0.2) is 42.5 Å². The van der Waals surface area contributed by atoms with Crippen LogP contribution < -0.4 is 10.2 Å². The largest absolute Gasteiger partial charge is 0.417 e. The summed E-state index contributed by atoms with van der Waals surface area (Å²) in [5.74, 6) is -3.73. The van der Waals surface area contributed by atoms with Crippen molar-refractivity contribution in [3.8, 4) is 6.07 Å². The number of ether oxygens (including phenoxy) is 1. The molecule has 0 aliphatic carbocycles. The third kappa shape index (κ3) is 4.81. The van der Waals surface area contributed by atoms with Gasteiger partial charge in [-0.05, 0) is 37.6 Å². The molecule has 3 heterocycles. The third-order valence-corrected chi connectivity index (χ3v) is 7.85. The molecule has 2 bridgehead atoms. The predicted molar refractivity (Wildman–Crippen MR) is 135 cm³/mol. The van der Waals surface area contributed by atoms with Crippen LogP contribution >= 0.6 is 0 Å². The van der Waals surface area contributed by atoms with Crippen molar-refractivity contribution < 1.29 is 37.2 Å². The van der Waals surface area contributed by atoms with Gasteiger partial charge in [0, 0.05) is 31.8 Å². The Morgan fingerprint density at radius 1 is 1.12 bits per heavy atom. The molecule has 11 nitrogen and oxygen atoms in total. The number of nitro benzene ring substituents is 1. The number of carbonyl (C=O) groups excluding carboxylic acids is 3. The van der Waals surface area contributed by atoms with Crippen molar-refractivity contribution in [3.63, 3.8) is 0 Å². The molecule has 2 aromatic rings. The molecule has 3 amide bonds. The second-order valence-corrected chi connectivity index (χ2v) is 10.9. The van der Waals surface area contributed by atoms with E-state index < -0.39 is 57.1 Å². The number of imide groups is 1. The van der Waals surface area contributed by atoms with E-state index in [1.807, 2.05) is 0 Å². The van der Waals surface area contributed by atoms with E-state index in [9.17, 15) is 37.7 Å². The van der Waals surface area contributed by atoms with Gasteiger partial charge in [-0.25, -0.2) is 4.90 Å².